The predicted molar refractivity (Wildman–Crippen MR) is 78.4 cm³/mol. The Kier molecular flexibility index (Phi) is 4.66. The molecule has 1 unspecified atom stereocenters. The van der Waals surface area contributed by atoms with Gasteiger partial charge in [-0.25, -0.2) is 0 Å². The second-order valence-corrected chi connectivity index (χ2v) is 5.47. The van der Waals surface area contributed by atoms with Crippen molar-refractivity contribution in [3.8, 4) is 0 Å². The number of benzene rings is 1. The summed E-state index contributed by atoms with van der Waals surface area (Å²) in [6.07, 6.45) is 1.14. The molecule has 0 aromatic heterocycles. The summed E-state index contributed by atoms with van der Waals surface area (Å²) in [5, 5.41) is 3.45. The first-order valence-electron chi connectivity index (χ1n) is 6.65. The molecule has 1 fully saturated rings. The van der Waals surface area contributed by atoms with Crippen LogP contribution in [0.1, 0.15) is 23.7 Å². The maximum absolute atomic E-state index is 12.0. The van der Waals surface area contributed by atoms with E-state index in [1.54, 1.807) is 18.2 Å². The lowest BCUT2D eigenvalue weighted by molar-refractivity contribution is 0.0947. The zero-order valence-electron chi connectivity index (χ0n) is 11.2. The quantitative estimate of drug-likeness (QED) is 0.830. The minimum absolute atomic E-state index is 0.107. The third kappa shape index (κ3) is 3.85. The molecule has 0 aliphatic carbocycles. The first-order valence-corrected chi connectivity index (χ1v) is 7.03. The lowest BCUT2D eigenvalue weighted by Crippen LogP contribution is -2.31. The molecule has 1 aliphatic rings. The molecule has 1 amide bonds. The molecule has 1 aliphatic heterocycles. The van der Waals surface area contributed by atoms with Crippen molar-refractivity contribution in [1.82, 2.24) is 10.2 Å². The van der Waals surface area contributed by atoms with Crippen LogP contribution >= 0.6 is 11.6 Å². The lowest BCUT2D eigenvalue weighted by atomic mass is 10.1. The van der Waals surface area contributed by atoms with Crippen molar-refractivity contribution in [2.45, 2.75) is 13.3 Å². The van der Waals surface area contributed by atoms with Crippen molar-refractivity contribution in [3.63, 3.8) is 0 Å². The van der Waals surface area contributed by atoms with Crippen molar-refractivity contribution in [2.75, 3.05) is 31.9 Å². The van der Waals surface area contributed by atoms with Crippen LogP contribution < -0.4 is 11.1 Å². The largest absolute Gasteiger partial charge is 0.399 e. The Morgan fingerprint density at radius 1 is 1.53 bits per heavy atom. The molecular formula is C14H20ClN3O. The van der Waals surface area contributed by atoms with Crippen LogP contribution in [0.15, 0.2) is 18.2 Å². The SMILES string of the molecule is CCN1CCC(CNC(=O)c2cc(N)cc(Cl)c2)C1. The Morgan fingerprint density at radius 2 is 2.32 bits per heavy atom. The summed E-state index contributed by atoms with van der Waals surface area (Å²) < 4.78 is 0. The molecule has 104 valence electrons. The molecule has 0 radical (unpaired) electrons. The molecule has 5 heteroatoms. The standard InChI is InChI=1S/C14H20ClN3O/c1-2-18-4-3-10(9-18)8-17-14(19)11-5-12(15)7-13(16)6-11/h5-7,10H,2-4,8-9,16H2,1H3,(H,17,19). The van der Waals surface area contributed by atoms with Gasteiger partial charge in [-0.05, 0) is 43.6 Å². The van der Waals surface area contributed by atoms with Gasteiger partial charge in [-0.1, -0.05) is 18.5 Å². The second-order valence-electron chi connectivity index (χ2n) is 5.03. The van der Waals surface area contributed by atoms with Gasteiger partial charge in [-0.3, -0.25) is 4.79 Å². The number of nitrogen functional groups attached to an aromatic ring is 1. The molecule has 1 aromatic carbocycles. The highest BCUT2D eigenvalue weighted by atomic mass is 35.5. The fourth-order valence-corrected chi connectivity index (χ4v) is 2.69. The van der Waals surface area contributed by atoms with Crippen LogP contribution in [0.3, 0.4) is 0 Å². The molecule has 1 aromatic rings. The number of amides is 1. The number of rotatable bonds is 4. The molecule has 0 bridgehead atoms. The fourth-order valence-electron chi connectivity index (χ4n) is 2.45. The highest BCUT2D eigenvalue weighted by Crippen LogP contribution is 2.17. The van der Waals surface area contributed by atoms with E-state index in [0.717, 1.165) is 26.1 Å². The summed E-state index contributed by atoms with van der Waals surface area (Å²) in [5.41, 5.74) is 6.71. The molecule has 4 nitrogen and oxygen atoms in total. The average molecular weight is 282 g/mol. The summed E-state index contributed by atoms with van der Waals surface area (Å²) in [4.78, 5) is 14.4. The molecule has 3 N–H and O–H groups in total. The Bertz CT molecular complexity index is 444. The third-order valence-electron chi connectivity index (χ3n) is 3.55. The minimum Gasteiger partial charge on any atom is -0.399 e. The maximum Gasteiger partial charge on any atom is 0.251 e. The third-order valence-corrected chi connectivity index (χ3v) is 3.77. The van der Waals surface area contributed by atoms with Gasteiger partial charge < -0.3 is 16.0 Å². The van der Waals surface area contributed by atoms with Gasteiger partial charge in [0.15, 0.2) is 0 Å². The topological polar surface area (TPSA) is 58.4 Å². The average Bonchev–Trinajstić information content (AvgIpc) is 2.82. The molecule has 1 saturated heterocycles. The molecule has 0 saturated carbocycles. The van der Waals surface area contributed by atoms with Crippen molar-refractivity contribution in [1.29, 1.82) is 0 Å². The van der Waals surface area contributed by atoms with Crippen LogP contribution in [0, 0.1) is 5.92 Å². The van der Waals surface area contributed by atoms with E-state index in [1.807, 2.05) is 0 Å². The molecule has 2 rings (SSSR count). The number of anilines is 1. The van der Waals surface area contributed by atoms with E-state index in [0.29, 0.717) is 28.7 Å². The Labute approximate surface area is 118 Å². The summed E-state index contributed by atoms with van der Waals surface area (Å²) in [7, 11) is 0. The summed E-state index contributed by atoms with van der Waals surface area (Å²) >= 11 is 5.89. The number of nitrogens with one attached hydrogen (secondary N) is 1. The molecule has 1 heterocycles. The van der Waals surface area contributed by atoms with Gasteiger partial charge in [-0.2, -0.15) is 0 Å². The molecular weight excluding hydrogens is 262 g/mol. The van der Waals surface area contributed by atoms with E-state index < -0.39 is 0 Å². The minimum atomic E-state index is -0.107. The monoisotopic (exact) mass is 281 g/mol. The van der Waals surface area contributed by atoms with Gasteiger partial charge in [0, 0.05) is 29.4 Å². The zero-order chi connectivity index (χ0) is 13.8. The molecule has 1 atom stereocenters. The van der Waals surface area contributed by atoms with Gasteiger partial charge in [-0.15, -0.1) is 0 Å². The van der Waals surface area contributed by atoms with E-state index in [2.05, 4.69) is 17.1 Å². The summed E-state index contributed by atoms with van der Waals surface area (Å²) in [6.45, 7) is 6.14. The van der Waals surface area contributed by atoms with Crippen molar-refractivity contribution in [3.05, 3.63) is 28.8 Å². The van der Waals surface area contributed by atoms with Crippen molar-refractivity contribution in [2.24, 2.45) is 5.92 Å². The first-order chi connectivity index (χ1) is 9.08. The fraction of sp³-hybridized carbons (Fsp3) is 0.500. The van der Waals surface area contributed by atoms with Gasteiger partial charge in [0.25, 0.3) is 5.91 Å². The first kappa shape index (κ1) is 14.2. The van der Waals surface area contributed by atoms with E-state index >= 15 is 0 Å². The number of hydrogen-bond acceptors (Lipinski definition) is 3. The van der Waals surface area contributed by atoms with E-state index in [4.69, 9.17) is 17.3 Å². The Hall–Kier alpha value is -1.26. The molecule has 0 spiro atoms. The van der Waals surface area contributed by atoms with Crippen LogP contribution in [0.5, 0.6) is 0 Å². The number of hydrogen-bond donors (Lipinski definition) is 2. The number of carbonyl (C=O) groups excluding carboxylic acids is 1. The van der Waals surface area contributed by atoms with E-state index in [1.165, 1.54) is 0 Å². The van der Waals surface area contributed by atoms with Crippen LogP contribution in [-0.4, -0.2) is 37.0 Å². The van der Waals surface area contributed by atoms with Crippen molar-refractivity contribution < 1.29 is 4.79 Å². The number of likely N-dealkylation sites (tertiary alicyclic amines) is 1. The Morgan fingerprint density at radius 3 is 2.95 bits per heavy atom. The van der Waals surface area contributed by atoms with Crippen LogP contribution in [0.25, 0.3) is 0 Å². The van der Waals surface area contributed by atoms with Gasteiger partial charge in [0.2, 0.25) is 0 Å². The van der Waals surface area contributed by atoms with E-state index in [-0.39, 0.29) is 5.91 Å². The Balaban J connectivity index is 1.87. The zero-order valence-corrected chi connectivity index (χ0v) is 11.9. The number of carbonyl (C=O) groups is 1. The number of nitrogens with zero attached hydrogens (tertiary/aromatic N) is 1. The summed E-state index contributed by atoms with van der Waals surface area (Å²) in [5.74, 6) is 0.435. The predicted octanol–water partition coefficient (Wildman–Crippen LogP) is 1.99. The number of nitrogens with two attached hydrogens (primary N) is 1. The van der Waals surface area contributed by atoms with E-state index in [9.17, 15) is 4.79 Å². The van der Waals surface area contributed by atoms with Crippen LogP contribution in [0.4, 0.5) is 5.69 Å². The second kappa shape index (κ2) is 6.26. The van der Waals surface area contributed by atoms with Crippen LogP contribution in [0.2, 0.25) is 5.02 Å². The summed E-state index contributed by atoms with van der Waals surface area (Å²) in [6, 6.07) is 4.92. The highest BCUT2D eigenvalue weighted by molar-refractivity contribution is 6.31. The molecule has 19 heavy (non-hydrogen) atoms. The van der Waals surface area contributed by atoms with Gasteiger partial charge >= 0.3 is 0 Å². The normalized spacial score (nSPS) is 19.6. The maximum atomic E-state index is 12.0. The van der Waals surface area contributed by atoms with Gasteiger partial charge in [0.1, 0.15) is 0 Å². The number of halogens is 1. The lowest BCUT2D eigenvalue weighted by Gasteiger charge is -2.14. The highest BCUT2D eigenvalue weighted by Gasteiger charge is 2.21. The van der Waals surface area contributed by atoms with Crippen molar-refractivity contribution >= 4 is 23.2 Å². The smallest absolute Gasteiger partial charge is 0.251 e. The van der Waals surface area contributed by atoms with Crippen LogP contribution in [-0.2, 0) is 0 Å². The van der Waals surface area contributed by atoms with Gasteiger partial charge in [0.05, 0.1) is 0 Å².